The second-order valence-electron chi connectivity index (χ2n) is 5.91. The summed E-state index contributed by atoms with van der Waals surface area (Å²) in [6, 6.07) is 7.34. The molecule has 2 saturated heterocycles. The van der Waals surface area contributed by atoms with Crippen LogP contribution in [0.25, 0.3) is 0 Å². The molecule has 3 rings (SSSR count). The van der Waals surface area contributed by atoms with Gasteiger partial charge in [0.2, 0.25) is 0 Å². The molecule has 0 N–H and O–H groups in total. The zero-order valence-electron chi connectivity index (χ0n) is 11.9. The van der Waals surface area contributed by atoms with E-state index in [0.29, 0.717) is 6.04 Å². The van der Waals surface area contributed by atoms with Crippen LogP contribution in [0.15, 0.2) is 24.3 Å². The van der Waals surface area contributed by atoms with Gasteiger partial charge < -0.3 is 4.74 Å². The van der Waals surface area contributed by atoms with Gasteiger partial charge in [0.1, 0.15) is 5.82 Å². The molecule has 2 aliphatic heterocycles. The van der Waals surface area contributed by atoms with E-state index >= 15 is 0 Å². The number of ether oxygens (including phenoxy) is 1. The van der Waals surface area contributed by atoms with E-state index in [0.717, 1.165) is 24.8 Å². The van der Waals surface area contributed by atoms with Crippen LogP contribution in [0.1, 0.15) is 30.7 Å². The second-order valence-corrected chi connectivity index (χ2v) is 5.91. The summed E-state index contributed by atoms with van der Waals surface area (Å²) in [6.45, 7) is 0. The molecule has 20 heavy (non-hydrogen) atoms. The van der Waals surface area contributed by atoms with Crippen LogP contribution in [0.4, 0.5) is 4.39 Å². The number of benzene rings is 1. The van der Waals surface area contributed by atoms with Gasteiger partial charge in [-0.3, -0.25) is 9.69 Å². The van der Waals surface area contributed by atoms with Crippen LogP contribution in [-0.4, -0.2) is 37.1 Å². The molecule has 3 nitrogen and oxygen atoms in total. The van der Waals surface area contributed by atoms with Crippen molar-refractivity contribution in [1.82, 2.24) is 4.90 Å². The standard InChI is InChI=1S/C16H20FNO2/c1-18-12-7-8-14(18)15(16(19)20-2)13(9-12)10-3-5-11(17)6-4-10/h3-6,12-15H,7-9H2,1-2H3/t12?,13?,14-,15?/m0/s1. The normalized spacial score (nSPS) is 33.1. The molecule has 0 saturated carbocycles. The van der Waals surface area contributed by atoms with E-state index in [1.54, 1.807) is 12.1 Å². The first-order valence-electron chi connectivity index (χ1n) is 7.17. The van der Waals surface area contributed by atoms with Gasteiger partial charge in [-0.15, -0.1) is 0 Å². The molecule has 2 bridgehead atoms. The van der Waals surface area contributed by atoms with E-state index in [4.69, 9.17) is 4.74 Å². The van der Waals surface area contributed by atoms with E-state index in [1.165, 1.54) is 19.2 Å². The van der Waals surface area contributed by atoms with Crippen molar-refractivity contribution in [2.45, 2.75) is 37.3 Å². The number of esters is 1. The number of piperidine rings is 1. The highest BCUT2D eigenvalue weighted by Gasteiger charge is 2.49. The van der Waals surface area contributed by atoms with Gasteiger partial charge >= 0.3 is 5.97 Å². The molecule has 2 heterocycles. The lowest BCUT2D eigenvalue weighted by Crippen LogP contribution is -2.49. The van der Waals surface area contributed by atoms with Gasteiger partial charge in [-0.05, 0) is 44.0 Å². The highest BCUT2D eigenvalue weighted by molar-refractivity contribution is 5.75. The van der Waals surface area contributed by atoms with Crippen molar-refractivity contribution >= 4 is 5.97 Å². The average molecular weight is 277 g/mol. The van der Waals surface area contributed by atoms with Crippen LogP contribution in [-0.2, 0) is 9.53 Å². The fraction of sp³-hybridized carbons (Fsp3) is 0.562. The Morgan fingerprint density at radius 2 is 2.00 bits per heavy atom. The van der Waals surface area contributed by atoms with E-state index in [-0.39, 0.29) is 29.7 Å². The zero-order chi connectivity index (χ0) is 14.3. The quantitative estimate of drug-likeness (QED) is 0.778. The largest absolute Gasteiger partial charge is 0.469 e. The highest BCUT2D eigenvalue weighted by Crippen LogP contribution is 2.46. The summed E-state index contributed by atoms with van der Waals surface area (Å²) in [5.74, 6) is -0.387. The molecule has 2 fully saturated rings. The zero-order valence-corrected chi connectivity index (χ0v) is 11.9. The molecule has 3 unspecified atom stereocenters. The van der Waals surface area contributed by atoms with Crippen molar-refractivity contribution in [2.75, 3.05) is 14.2 Å². The topological polar surface area (TPSA) is 29.5 Å². The maximum absolute atomic E-state index is 13.1. The van der Waals surface area contributed by atoms with Crippen LogP contribution in [0.2, 0.25) is 0 Å². The van der Waals surface area contributed by atoms with E-state index in [1.807, 2.05) is 0 Å². The van der Waals surface area contributed by atoms with Crippen LogP contribution < -0.4 is 0 Å². The Labute approximate surface area is 118 Å². The number of nitrogens with zero attached hydrogens (tertiary/aromatic N) is 1. The molecule has 2 aliphatic rings. The first kappa shape index (κ1) is 13.6. The van der Waals surface area contributed by atoms with Gasteiger partial charge in [-0.1, -0.05) is 12.1 Å². The van der Waals surface area contributed by atoms with E-state index in [9.17, 15) is 9.18 Å². The minimum Gasteiger partial charge on any atom is -0.469 e. The Bertz CT molecular complexity index is 502. The fourth-order valence-electron chi connectivity index (χ4n) is 3.98. The highest BCUT2D eigenvalue weighted by atomic mass is 19.1. The van der Waals surface area contributed by atoms with Gasteiger partial charge in [0.05, 0.1) is 13.0 Å². The van der Waals surface area contributed by atoms with Crippen molar-refractivity contribution in [3.63, 3.8) is 0 Å². The van der Waals surface area contributed by atoms with Crippen LogP contribution in [0.3, 0.4) is 0 Å². The number of rotatable bonds is 2. The third-order valence-corrected chi connectivity index (χ3v) is 5.04. The number of carbonyl (C=O) groups excluding carboxylic acids is 1. The lowest BCUT2D eigenvalue weighted by atomic mass is 9.76. The van der Waals surface area contributed by atoms with Gasteiger partial charge in [0.25, 0.3) is 0 Å². The third kappa shape index (κ3) is 2.12. The average Bonchev–Trinajstić information content (AvgIpc) is 2.70. The number of fused-ring (bicyclic) bond motifs is 2. The summed E-state index contributed by atoms with van der Waals surface area (Å²) in [5, 5.41) is 0. The Morgan fingerprint density at radius 1 is 1.30 bits per heavy atom. The van der Waals surface area contributed by atoms with Crippen LogP contribution in [0, 0.1) is 11.7 Å². The lowest BCUT2D eigenvalue weighted by molar-refractivity contribution is -0.150. The van der Waals surface area contributed by atoms with Crippen molar-refractivity contribution in [2.24, 2.45) is 5.92 Å². The smallest absolute Gasteiger partial charge is 0.310 e. The predicted octanol–water partition coefficient (Wildman–Crippen LogP) is 2.57. The molecule has 1 aromatic rings. The summed E-state index contributed by atoms with van der Waals surface area (Å²) in [6.07, 6.45) is 3.11. The Balaban J connectivity index is 1.95. The Hall–Kier alpha value is -1.42. The van der Waals surface area contributed by atoms with Crippen LogP contribution in [0.5, 0.6) is 0 Å². The van der Waals surface area contributed by atoms with Crippen molar-refractivity contribution in [3.05, 3.63) is 35.6 Å². The first-order chi connectivity index (χ1) is 9.61. The Morgan fingerprint density at radius 3 is 2.65 bits per heavy atom. The number of carbonyl (C=O) groups is 1. The summed E-state index contributed by atoms with van der Waals surface area (Å²) < 4.78 is 18.1. The molecule has 0 aromatic heterocycles. The molecule has 4 atom stereocenters. The fourth-order valence-corrected chi connectivity index (χ4v) is 3.98. The molecule has 0 aliphatic carbocycles. The summed E-state index contributed by atoms with van der Waals surface area (Å²) in [4.78, 5) is 14.5. The van der Waals surface area contributed by atoms with Gasteiger partial charge in [0.15, 0.2) is 0 Å². The van der Waals surface area contributed by atoms with E-state index in [2.05, 4.69) is 11.9 Å². The number of hydrogen-bond donors (Lipinski definition) is 0. The number of methoxy groups -OCH3 is 1. The second kappa shape index (κ2) is 5.17. The SMILES string of the molecule is COC(=O)C1C(c2ccc(F)cc2)CC2CC[C@@H]1N2C. The van der Waals surface area contributed by atoms with Crippen molar-refractivity contribution in [1.29, 1.82) is 0 Å². The molecule has 4 heteroatoms. The Kier molecular flexibility index (Phi) is 3.50. The van der Waals surface area contributed by atoms with Gasteiger partial charge in [-0.25, -0.2) is 4.39 Å². The maximum Gasteiger partial charge on any atom is 0.310 e. The summed E-state index contributed by atoms with van der Waals surface area (Å²) in [7, 11) is 3.55. The minimum absolute atomic E-state index is 0.136. The number of halogens is 1. The maximum atomic E-state index is 13.1. The molecule has 108 valence electrons. The van der Waals surface area contributed by atoms with Crippen molar-refractivity contribution < 1.29 is 13.9 Å². The molecular weight excluding hydrogens is 257 g/mol. The number of hydrogen-bond acceptors (Lipinski definition) is 3. The predicted molar refractivity (Wildman–Crippen MR) is 73.8 cm³/mol. The van der Waals surface area contributed by atoms with Gasteiger partial charge in [0, 0.05) is 18.0 Å². The molecule has 0 radical (unpaired) electrons. The molecule has 1 aromatic carbocycles. The summed E-state index contributed by atoms with van der Waals surface area (Å²) >= 11 is 0. The summed E-state index contributed by atoms with van der Waals surface area (Å²) in [5.41, 5.74) is 1.05. The van der Waals surface area contributed by atoms with Crippen molar-refractivity contribution in [3.8, 4) is 0 Å². The molecule has 0 amide bonds. The lowest BCUT2D eigenvalue weighted by Gasteiger charge is -2.41. The molecular formula is C16H20FNO2. The van der Waals surface area contributed by atoms with E-state index < -0.39 is 0 Å². The van der Waals surface area contributed by atoms with Gasteiger partial charge in [-0.2, -0.15) is 0 Å². The minimum atomic E-state index is -0.237. The van der Waals surface area contributed by atoms with Crippen LogP contribution >= 0.6 is 0 Å². The molecule has 0 spiro atoms. The first-order valence-corrected chi connectivity index (χ1v) is 7.17. The monoisotopic (exact) mass is 277 g/mol. The third-order valence-electron chi connectivity index (χ3n) is 5.04.